The van der Waals surface area contributed by atoms with Crippen LogP contribution in [0, 0.1) is 0 Å². The van der Waals surface area contributed by atoms with Gasteiger partial charge in [0.05, 0.1) is 0 Å². The van der Waals surface area contributed by atoms with Crippen LogP contribution in [0.15, 0.2) is 17.3 Å². The van der Waals surface area contributed by atoms with Crippen molar-refractivity contribution in [2.24, 2.45) is 4.99 Å². The van der Waals surface area contributed by atoms with Gasteiger partial charge >= 0.3 is 0 Å². The number of hydrogen-bond acceptors (Lipinski definition) is 3. The van der Waals surface area contributed by atoms with Crippen LogP contribution in [0.3, 0.4) is 0 Å². The molecule has 0 bridgehead atoms. The Labute approximate surface area is 41.9 Å². The number of nitrogens with zero attached hydrogens (tertiary/aromatic N) is 1. The summed E-state index contributed by atoms with van der Waals surface area (Å²) < 4.78 is 0. The second kappa shape index (κ2) is 3.36. The summed E-state index contributed by atoms with van der Waals surface area (Å²) in [6.45, 7) is 5.09. The van der Waals surface area contributed by atoms with E-state index >= 15 is 0 Å². The summed E-state index contributed by atoms with van der Waals surface area (Å²) in [5.74, 6) is 0. The molecule has 0 amide bonds. The fourth-order valence-electron chi connectivity index (χ4n) is 0.114. The van der Waals surface area contributed by atoms with Crippen molar-refractivity contribution in [3.05, 3.63) is 12.3 Å². The Balaban J connectivity index is 3.26. The number of allylic oxidation sites excluding steroid dienone is 1. The zero-order chi connectivity index (χ0) is 5.70. The summed E-state index contributed by atoms with van der Waals surface area (Å²) in [6, 6.07) is 0. The highest BCUT2D eigenvalue weighted by Gasteiger charge is 1.69. The van der Waals surface area contributed by atoms with E-state index in [1.165, 1.54) is 0 Å². The Morgan fingerprint density at radius 1 is 2.00 bits per heavy atom. The molecule has 0 fully saturated rings. The van der Waals surface area contributed by atoms with Gasteiger partial charge < -0.3 is 4.89 Å². The molecule has 0 aliphatic heterocycles. The molecular weight excluding hydrogens is 94.0 g/mol. The van der Waals surface area contributed by atoms with Gasteiger partial charge in [-0.2, -0.15) is 0 Å². The van der Waals surface area contributed by atoms with Crippen LogP contribution in [0.4, 0.5) is 0 Å². The molecular formula is C4H7NO2. The van der Waals surface area contributed by atoms with E-state index in [-0.39, 0.29) is 0 Å². The summed E-state index contributed by atoms with van der Waals surface area (Å²) in [4.78, 5) is 6.95. The topological polar surface area (TPSA) is 41.8 Å². The van der Waals surface area contributed by atoms with Crippen LogP contribution in [-0.2, 0) is 4.89 Å². The van der Waals surface area contributed by atoms with Crippen molar-refractivity contribution in [3.63, 3.8) is 0 Å². The minimum absolute atomic E-state index is 0.592. The Hall–Kier alpha value is -0.830. The van der Waals surface area contributed by atoms with Gasteiger partial charge in [0.25, 0.3) is 0 Å². The largest absolute Gasteiger partial charge is 0.328 e. The third-order valence-electron chi connectivity index (χ3n) is 0.320. The number of aliphatic imine (C=N–C) groups is 1. The molecule has 0 atom stereocenters. The molecule has 0 aliphatic rings. The molecule has 0 aromatic heterocycles. The number of rotatable bonds is 2. The molecule has 0 rings (SSSR count). The predicted octanol–water partition coefficient (Wildman–Crippen LogP) is 1.04. The van der Waals surface area contributed by atoms with Crippen LogP contribution < -0.4 is 0 Å². The summed E-state index contributed by atoms with van der Waals surface area (Å²) >= 11 is 0. The molecule has 0 saturated heterocycles. The SMILES string of the molecule is C=C(C)N=COO. The lowest BCUT2D eigenvalue weighted by Crippen LogP contribution is -1.75. The second-order valence-electron chi connectivity index (χ2n) is 1.08. The fraction of sp³-hybridized carbons (Fsp3) is 0.250. The van der Waals surface area contributed by atoms with Crippen LogP contribution >= 0.6 is 0 Å². The molecule has 3 heteroatoms. The smallest absolute Gasteiger partial charge is 0.219 e. The molecule has 1 N–H and O–H groups in total. The lowest BCUT2D eigenvalue weighted by atomic mass is 10.6. The van der Waals surface area contributed by atoms with Gasteiger partial charge in [-0.25, -0.2) is 10.2 Å². The van der Waals surface area contributed by atoms with Crippen LogP contribution in [0.2, 0.25) is 0 Å². The van der Waals surface area contributed by atoms with Crippen LogP contribution in [0.5, 0.6) is 0 Å². The lowest BCUT2D eigenvalue weighted by Gasteiger charge is -1.81. The van der Waals surface area contributed by atoms with Crippen molar-refractivity contribution in [2.45, 2.75) is 6.92 Å². The first kappa shape index (κ1) is 6.17. The summed E-state index contributed by atoms with van der Waals surface area (Å²) in [5, 5.41) is 7.62. The van der Waals surface area contributed by atoms with Gasteiger partial charge in [-0.15, -0.1) is 0 Å². The van der Waals surface area contributed by atoms with E-state index in [0.717, 1.165) is 6.40 Å². The van der Waals surface area contributed by atoms with Crippen LogP contribution in [0.1, 0.15) is 6.92 Å². The predicted molar refractivity (Wildman–Crippen MR) is 27.0 cm³/mol. The average Bonchev–Trinajstić information content (AvgIpc) is 1.61. The molecule has 0 spiro atoms. The standard InChI is InChI=1S/C4H7NO2/c1-4(2)5-3-7-6/h3,6H,1H2,2H3. The van der Waals surface area contributed by atoms with E-state index < -0.39 is 0 Å². The Morgan fingerprint density at radius 3 is 2.71 bits per heavy atom. The van der Waals surface area contributed by atoms with Gasteiger partial charge in [0.15, 0.2) is 0 Å². The summed E-state index contributed by atoms with van der Waals surface area (Å²) in [5.41, 5.74) is 0.592. The molecule has 7 heavy (non-hydrogen) atoms. The molecule has 0 radical (unpaired) electrons. The van der Waals surface area contributed by atoms with Gasteiger partial charge in [-0.1, -0.05) is 6.58 Å². The van der Waals surface area contributed by atoms with Crippen LogP contribution in [0.25, 0.3) is 0 Å². The molecule has 0 unspecified atom stereocenters. The van der Waals surface area contributed by atoms with Crippen molar-refractivity contribution in [1.29, 1.82) is 0 Å². The third kappa shape index (κ3) is 5.17. The van der Waals surface area contributed by atoms with Crippen LogP contribution in [-0.4, -0.2) is 11.7 Å². The first-order chi connectivity index (χ1) is 3.27. The number of hydrogen-bond donors (Lipinski definition) is 1. The first-order valence-corrected chi connectivity index (χ1v) is 1.75. The zero-order valence-electron chi connectivity index (χ0n) is 4.09. The van der Waals surface area contributed by atoms with Gasteiger partial charge in [0, 0.05) is 5.70 Å². The van der Waals surface area contributed by atoms with Gasteiger partial charge in [0.1, 0.15) is 0 Å². The maximum absolute atomic E-state index is 7.62. The summed E-state index contributed by atoms with van der Waals surface area (Å²) in [6.07, 6.45) is 0.905. The normalized spacial score (nSPS) is 9.43. The molecule has 0 saturated carbocycles. The van der Waals surface area contributed by atoms with E-state index in [1.54, 1.807) is 6.92 Å². The van der Waals surface area contributed by atoms with Gasteiger partial charge in [-0.3, -0.25) is 0 Å². The molecule has 0 aromatic rings. The lowest BCUT2D eigenvalue weighted by molar-refractivity contribution is -0.147. The molecule has 3 nitrogen and oxygen atoms in total. The molecule has 0 aliphatic carbocycles. The van der Waals surface area contributed by atoms with E-state index in [2.05, 4.69) is 16.5 Å². The fourth-order valence-corrected chi connectivity index (χ4v) is 0.114. The third-order valence-corrected chi connectivity index (χ3v) is 0.320. The highest BCUT2D eigenvalue weighted by Crippen LogP contribution is 1.83. The van der Waals surface area contributed by atoms with Crippen molar-refractivity contribution >= 4 is 6.40 Å². The Kier molecular flexibility index (Phi) is 2.96. The van der Waals surface area contributed by atoms with Gasteiger partial charge in [-0.05, 0) is 6.92 Å². The van der Waals surface area contributed by atoms with E-state index in [0.29, 0.717) is 5.70 Å². The van der Waals surface area contributed by atoms with Crippen molar-refractivity contribution in [3.8, 4) is 0 Å². The van der Waals surface area contributed by atoms with E-state index in [9.17, 15) is 0 Å². The Bertz CT molecular complexity index is 87.7. The van der Waals surface area contributed by atoms with Crippen molar-refractivity contribution in [2.75, 3.05) is 0 Å². The summed E-state index contributed by atoms with van der Waals surface area (Å²) in [7, 11) is 0. The van der Waals surface area contributed by atoms with E-state index in [4.69, 9.17) is 5.26 Å². The quantitative estimate of drug-likeness (QED) is 0.244. The van der Waals surface area contributed by atoms with Gasteiger partial charge in [0.2, 0.25) is 6.40 Å². The highest BCUT2D eigenvalue weighted by atomic mass is 17.1. The van der Waals surface area contributed by atoms with E-state index in [1.807, 2.05) is 0 Å². The molecule has 0 aromatic carbocycles. The maximum atomic E-state index is 7.62. The maximum Gasteiger partial charge on any atom is 0.219 e. The minimum atomic E-state index is 0.592. The zero-order valence-corrected chi connectivity index (χ0v) is 4.09. The van der Waals surface area contributed by atoms with Crippen molar-refractivity contribution in [1.82, 2.24) is 0 Å². The van der Waals surface area contributed by atoms with Crippen molar-refractivity contribution < 1.29 is 10.1 Å². The Morgan fingerprint density at radius 2 is 2.57 bits per heavy atom. The second-order valence-corrected chi connectivity index (χ2v) is 1.08. The average molecular weight is 101 g/mol. The molecule has 0 heterocycles. The monoisotopic (exact) mass is 101 g/mol. The highest BCUT2D eigenvalue weighted by molar-refractivity contribution is 5.47. The minimum Gasteiger partial charge on any atom is -0.328 e. The molecule has 40 valence electrons. The first-order valence-electron chi connectivity index (χ1n) is 1.75.